The number of fused-ring (bicyclic) bond motifs is 1. The third-order valence-corrected chi connectivity index (χ3v) is 4.54. The number of rotatable bonds is 1. The molecule has 120 valence electrons. The Bertz CT molecular complexity index is 533. The monoisotopic (exact) mass is 302 g/mol. The summed E-state index contributed by atoms with van der Waals surface area (Å²) in [4.78, 5) is 16.5. The number of hydrogen-bond acceptors (Lipinski definition) is 3. The van der Waals surface area contributed by atoms with Crippen LogP contribution in [0.4, 0.5) is 10.5 Å². The lowest BCUT2D eigenvalue weighted by Crippen LogP contribution is -2.37. The molecule has 0 spiro atoms. The smallest absolute Gasteiger partial charge is 0.410 e. The molecule has 1 amide bonds. The third-order valence-electron chi connectivity index (χ3n) is 4.54. The third kappa shape index (κ3) is 3.21. The van der Waals surface area contributed by atoms with Crippen LogP contribution in [-0.4, -0.2) is 42.8 Å². The SMILES string of the molecule is Cc1ccc(N2CC3CN(C(=O)OC(C)(C)C)CC3C2)cc1. The van der Waals surface area contributed by atoms with E-state index < -0.39 is 5.60 Å². The zero-order chi connectivity index (χ0) is 15.9. The second kappa shape index (κ2) is 5.49. The van der Waals surface area contributed by atoms with Crippen LogP contribution in [0, 0.1) is 18.8 Å². The Morgan fingerprint density at radius 1 is 1.05 bits per heavy atom. The molecule has 0 aromatic heterocycles. The molecule has 1 aromatic rings. The second-order valence-electron chi connectivity index (χ2n) is 7.65. The largest absolute Gasteiger partial charge is 0.444 e. The zero-order valence-corrected chi connectivity index (χ0v) is 14.0. The predicted octanol–water partition coefficient (Wildman–Crippen LogP) is 3.30. The molecule has 2 saturated heterocycles. The molecule has 0 radical (unpaired) electrons. The number of ether oxygens (including phenoxy) is 1. The molecule has 0 saturated carbocycles. The summed E-state index contributed by atoms with van der Waals surface area (Å²) in [5.74, 6) is 1.13. The Balaban J connectivity index is 1.58. The van der Waals surface area contributed by atoms with E-state index in [1.807, 2.05) is 25.7 Å². The first-order chi connectivity index (χ1) is 10.3. The fourth-order valence-electron chi connectivity index (χ4n) is 3.44. The maximum atomic E-state index is 12.2. The quantitative estimate of drug-likeness (QED) is 0.798. The van der Waals surface area contributed by atoms with Gasteiger partial charge >= 0.3 is 6.09 Å². The van der Waals surface area contributed by atoms with Crippen LogP contribution in [0.2, 0.25) is 0 Å². The van der Waals surface area contributed by atoms with Gasteiger partial charge in [-0.25, -0.2) is 4.79 Å². The molecule has 1 aromatic carbocycles. The second-order valence-corrected chi connectivity index (χ2v) is 7.65. The van der Waals surface area contributed by atoms with Gasteiger partial charge in [-0.15, -0.1) is 0 Å². The van der Waals surface area contributed by atoms with Gasteiger partial charge in [0.2, 0.25) is 0 Å². The molecule has 0 N–H and O–H groups in total. The first kappa shape index (κ1) is 15.2. The van der Waals surface area contributed by atoms with Gasteiger partial charge in [-0.2, -0.15) is 0 Å². The first-order valence-electron chi connectivity index (χ1n) is 8.11. The number of anilines is 1. The minimum atomic E-state index is -0.414. The topological polar surface area (TPSA) is 32.8 Å². The van der Waals surface area contributed by atoms with Crippen LogP contribution in [-0.2, 0) is 4.74 Å². The molecule has 0 bridgehead atoms. The number of carbonyl (C=O) groups excluding carboxylic acids is 1. The number of nitrogens with zero attached hydrogens (tertiary/aromatic N) is 2. The van der Waals surface area contributed by atoms with E-state index in [0.29, 0.717) is 11.8 Å². The lowest BCUT2D eigenvalue weighted by molar-refractivity contribution is 0.0282. The number of carbonyl (C=O) groups is 1. The molecule has 2 aliphatic heterocycles. The van der Waals surface area contributed by atoms with Crippen LogP contribution in [0.5, 0.6) is 0 Å². The predicted molar refractivity (Wildman–Crippen MR) is 88.2 cm³/mol. The van der Waals surface area contributed by atoms with Crippen LogP contribution >= 0.6 is 0 Å². The first-order valence-corrected chi connectivity index (χ1v) is 8.11. The Morgan fingerprint density at radius 3 is 2.09 bits per heavy atom. The fraction of sp³-hybridized carbons (Fsp3) is 0.611. The molecule has 2 unspecified atom stereocenters. The normalized spacial score (nSPS) is 24.5. The Labute approximate surface area is 133 Å². The number of hydrogen-bond donors (Lipinski definition) is 0. The summed E-state index contributed by atoms with van der Waals surface area (Å²) >= 11 is 0. The van der Waals surface area contributed by atoms with Gasteiger partial charge in [-0.1, -0.05) is 17.7 Å². The molecule has 22 heavy (non-hydrogen) atoms. The van der Waals surface area contributed by atoms with Crippen molar-refractivity contribution in [3.8, 4) is 0 Å². The molecule has 2 heterocycles. The van der Waals surface area contributed by atoms with Crippen molar-refractivity contribution in [1.29, 1.82) is 0 Å². The van der Waals surface area contributed by atoms with Crippen molar-refractivity contribution in [2.24, 2.45) is 11.8 Å². The highest BCUT2D eigenvalue weighted by atomic mass is 16.6. The van der Waals surface area contributed by atoms with Crippen molar-refractivity contribution in [3.05, 3.63) is 29.8 Å². The Kier molecular flexibility index (Phi) is 3.79. The van der Waals surface area contributed by atoms with E-state index in [4.69, 9.17) is 4.74 Å². The fourth-order valence-corrected chi connectivity index (χ4v) is 3.44. The summed E-state index contributed by atoms with van der Waals surface area (Å²) in [5, 5.41) is 0. The highest BCUT2D eigenvalue weighted by molar-refractivity contribution is 5.68. The molecule has 2 aliphatic rings. The lowest BCUT2D eigenvalue weighted by Gasteiger charge is -2.26. The molecular weight excluding hydrogens is 276 g/mol. The molecule has 0 aliphatic carbocycles. The Morgan fingerprint density at radius 2 is 1.59 bits per heavy atom. The number of benzene rings is 1. The van der Waals surface area contributed by atoms with Crippen molar-refractivity contribution in [2.45, 2.75) is 33.3 Å². The zero-order valence-electron chi connectivity index (χ0n) is 14.0. The summed E-state index contributed by atoms with van der Waals surface area (Å²) in [7, 11) is 0. The molecule has 2 fully saturated rings. The molecule has 2 atom stereocenters. The van der Waals surface area contributed by atoms with E-state index >= 15 is 0 Å². The average molecular weight is 302 g/mol. The van der Waals surface area contributed by atoms with E-state index in [1.54, 1.807) is 0 Å². The summed E-state index contributed by atoms with van der Waals surface area (Å²) in [6.07, 6.45) is -0.163. The summed E-state index contributed by atoms with van der Waals surface area (Å²) < 4.78 is 5.48. The van der Waals surface area contributed by atoms with Gasteiger partial charge in [0.1, 0.15) is 5.60 Å². The minimum absolute atomic E-state index is 0.163. The maximum Gasteiger partial charge on any atom is 0.410 e. The van der Waals surface area contributed by atoms with Crippen LogP contribution in [0.15, 0.2) is 24.3 Å². The van der Waals surface area contributed by atoms with E-state index in [0.717, 1.165) is 26.2 Å². The summed E-state index contributed by atoms with van der Waals surface area (Å²) in [6, 6.07) is 8.72. The minimum Gasteiger partial charge on any atom is -0.444 e. The van der Waals surface area contributed by atoms with Gasteiger partial charge in [0, 0.05) is 43.7 Å². The van der Waals surface area contributed by atoms with E-state index in [1.165, 1.54) is 11.3 Å². The van der Waals surface area contributed by atoms with Crippen molar-refractivity contribution < 1.29 is 9.53 Å². The summed E-state index contributed by atoms with van der Waals surface area (Å²) in [5.41, 5.74) is 2.17. The highest BCUT2D eigenvalue weighted by Gasteiger charge is 2.42. The molecule has 4 heteroatoms. The average Bonchev–Trinajstić information content (AvgIpc) is 2.95. The van der Waals surface area contributed by atoms with E-state index in [2.05, 4.69) is 36.1 Å². The van der Waals surface area contributed by atoms with Gasteiger partial charge in [0.25, 0.3) is 0 Å². The lowest BCUT2D eigenvalue weighted by atomic mass is 10.0. The van der Waals surface area contributed by atoms with Crippen molar-refractivity contribution in [1.82, 2.24) is 4.90 Å². The Hall–Kier alpha value is -1.71. The van der Waals surface area contributed by atoms with E-state index in [-0.39, 0.29) is 6.09 Å². The molecule has 3 rings (SSSR count). The van der Waals surface area contributed by atoms with E-state index in [9.17, 15) is 4.79 Å². The van der Waals surface area contributed by atoms with Crippen molar-refractivity contribution >= 4 is 11.8 Å². The van der Waals surface area contributed by atoms with Gasteiger partial charge in [0.15, 0.2) is 0 Å². The van der Waals surface area contributed by atoms with Gasteiger partial charge in [-0.3, -0.25) is 0 Å². The van der Waals surface area contributed by atoms with Crippen molar-refractivity contribution in [2.75, 3.05) is 31.1 Å². The van der Waals surface area contributed by atoms with Crippen LogP contribution < -0.4 is 4.90 Å². The van der Waals surface area contributed by atoms with Gasteiger partial charge in [-0.05, 0) is 39.8 Å². The van der Waals surface area contributed by atoms with Crippen LogP contribution in [0.25, 0.3) is 0 Å². The number of likely N-dealkylation sites (tertiary alicyclic amines) is 1. The standard InChI is InChI=1S/C18H26N2O2/c1-13-5-7-16(8-6-13)19-9-14-11-20(12-15(14)10-19)17(21)22-18(2,3)4/h5-8,14-15H,9-12H2,1-4H3. The highest BCUT2D eigenvalue weighted by Crippen LogP contribution is 2.34. The number of aryl methyl sites for hydroxylation is 1. The van der Waals surface area contributed by atoms with Crippen LogP contribution in [0.3, 0.4) is 0 Å². The molecule has 4 nitrogen and oxygen atoms in total. The van der Waals surface area contributed by atoms with Crippen LogP contribution in [0.1, 0.15) is 26.3 Å². The summed E-state index contributed by atoms with van der Waals surface area (Å²) in [6.45, 7) is 11.6. The van der Waals surface area contributed by atoms with Gasteiger partial charge in [0.05, 0.1) is 0 Å². The maximum absolute atomic E-state index is 12.2. The molecular formula is C18H26N2O2. The van der Waals surface area contributed by atoms with Crippen molar-refractivity contribution in [3.63, 3.8) is 0 Å². The van der Waals surface area contributed by atoms with Gasteiger partial charge < -0.3 is 14.5 Å². The number of amides is 1.